The highest BCUT2D eigenvalue weighted by Crippen LogP contribution is 2.30. The normalized spacial score (nSPS) is 24.4. The van der Waals surface area contributed by atoms with E-state index in [9.17, 15) is 4.79 Å². The van der Waals surface area contributed by atoms with E-state index in [-0.39, 0.29) is 17.8 Å². The van der Waals surface area contributed by atoms with Crippen LogP contribution in [0, 0.1) is 12.8 Å². The van der Waals surface area contributed by atoms with E-state index >= 15 is 0 Å². The maximum Gasteiger partial charge on any atom is 0.310 e. The third-order valence-corrected chi connectivity index (χ3v) is 3.31. The van der Waals surface area contributed by atoms with Crippen LogP contribution in [0.2, 0.25) is 0 Å². The summed E-state index contributed by atoms with van der Waals surface area (Å²) in [6, 6.07) is 8.23. The van der Waals surface area contributed by atoms with E-state index in [1.807, 2.05) is 12.1 Å². The number of carbonyl (C=O) groups excluding carboxylic acids is 1. The van der Waals surface area contributed by atoms with Crippen LogP contribution in [0.3, 0.4) is 0 Å². The minimum Gasteiger partial charge on any atom is -0.469 e. The van der Waals surface area contributed by atoms with E-state index in [4.69, 9.17) is 4.74 Å². The molecule has 1 aromatic rings. The van der Waals surface area contributed by atoms with Crippen molar-refractivity contribution < 1.29 is 9.53 Å². The molecule has 0 bridgehead atoms. The predicted octanol–water partition coefficient (Wildman–Crippen LogP) is 1.47. The predicted molar refractivity (Wildman–Crippen MR) is 62.3 cm³/mol. The average Bonchev–Trinajstić information content (AvgIpc) is 2.77. The van der Waals surface area contributed by atoms with Gasteiger partial charge in [-0.25, -0.2) is 0 Å². The Bertz CT molecular complexity index is 389. The summed E-state index contributed by atoms with van der Waals surface area (Å²) in [4.78, 5) is 11.6. The summed E-state index contributed by atoms with van der Waals surface area (Å²) < 4.78 is 4.85. The van der Waals surface area contributed by atoms with Gasteiger partial charge in [-0.2, -0.15) is 0 Å². The third-order valence-electron chi connectivity index (χ3n) is 3.31. The molecular weight excluding hydrogens is 202 g/mol. The monoisotopic (exact) mass is 219 g/mol. The van der Waals surface area contributed by atoms with Gasteiger partial charge in [-0.3, -0.25) is 4.79 Å². The minimum atomic E-state index is -0.113. The number of aryl methyl sites for hydroxylation is 1. The van der Waals surface area contributed by atoms with Crippen molar-refractivity contribution in [1.29, 1.82) is 0 Å². The number of hydrogen-bond donors (Lipinski definition) is 1. The number of benzene rings is 1. The van der Waals surface area contributed by atoms with E-state index in [2.05, 4.69) is 24.4 Å². The molecule has 1 aliphatic heterocycles. The van der Waals surface area contributed by atoms with Crippen molar-refractivity contribution in [3.63, 3.8) is 0 Å². The summed E-state index contributed by atoms with van der Waals surface area (Å²) in [7, 11) is 1.45. The first-order valence-corrected chi connectivity index (χ1v) is 5.58. The molecule has 1 aromatic carbocycles. The molecule has 0 unspecified atom stereocenters. The van der Waals surface area contributed by atoms with Crippen molar-refractivity contribution in [2.45, 2.75) is 12.8 Å². The first-order chi connectivity index (χ1) is 7.74. The summed E-state index contributed by atoms with van der Waals surface area (Å²) in [6.45, 7) is 3.65. The van der Waals surface area contributed by atoms with Gasteiger partial charge in [0.15, 0.2) is 0 Å². The molecule has 16 heavy (non-hydrogen) atoms. The Kier molecular flexibility index (Phi) is 3.25. The lowest BCUT2D eigenvalue weighted by Gasteiger charge is -2.18. The standard InChI is InChI=1S/C13H17NO2/c1-9-5-3-4-6-10(9)11-7-14-8-12(11)13(15)16-2/h3-6,11-12,14H,7-8H2,1-2H3/t11-,12-/m1/s1. The first kappa shape index (κ1) is 11.1. The van der Waals surface area contributed by atoms with Crippen LogP contribution in [0.4, 0.5) is 0 Å². The Hall–Kier alpha value is -1.35. The molecule has 1 heterocycles. The van der Waals surface area contributed by atoms with Crippen LogP contribution in [-0.2, 0) is 9.53 Å². The molecule has 3 heteroatoms. The average molecular weight is 219 g/mol. The lowest BCUT2D eigenvalue weighted by atomic mass is 9.86. The Labute approximate surface area is 95.8 Å². The Balaban J connectivity index is 2.27. The molecule has 2 rings (SSSR count). The van der Waals surface area contributed by atoms with E-state index in [0.29, 0.717) is 6.54 Å². The quantitative estimate of drug-likeness (QED) is 0.765. The zero-order valence-corrected chi connectivity index (χ0v) is 9.69. The smallest absolute Gasteiger partial charge is 0.310 e. The van der Waals surface area contributed by atoms with Gasteiger partial charge in [0.05, 0.1) is 13.0 Å². The van der Waals surface area contributed by atoms with Crippen molar-refractivity contribution in [3.05, 3.63) is 35.4 Å². The van der Waals surface area contributed by atoms with E-state index in [1.165, 1.54) is 18.2 Å². The van der Waals surface area contributed by atoms with Gasteiger partial charge in [0.2, 0.25) is 0 Å². The minimum absolute atomic E-state index is 0.0499. The Morgan fingerprint density at radius 1 is 1.38 bits per heavy atom. The molecule has 0 radical (unpaired) electrons. The van der Waals surface area contributed by atoms with Gasteiger partial charge in [-0.15, -0.1) is 0 Å². The van der Waals surface area contributed by atoms with Gasteiger partial charge >= 0.3 is 5.97 Å². The largest absolute Gasteiger partial charge is 0.469 e. The molecule has 3 nitrogen and oxygen atoms in total. The highest BCUT2D eigenvalue weighted by atomic mass is 16.5. The van der Waals surface area contributed by atoms with Crippen molar-refractivity contribution in [3.8, 4) is 0 Å². The molecule has 0 saturated carbocycles. The summed E-state index contributed by atoms with van der Waals surface area (Å²) in [5.41, 5.74) is 2.49. The molecule has 1 fully saturated rings. The van der Waals surface area contributed by atoms with Crippen molar-refractivity contribution >= 4 is 5.97 Å². The Morgan fingerprint density at radius 3 is 2.81 bits per heavy atom. The number of nitrogens with one attached hydrogen (secondary N) is 1. The molecule has 1 saturated heterocycles. The number of methoxy groups -OCH3 is 1. The fourth-order valence-electron chi connectivity index (χ4n) is 2.41. The van der Waals surface area contributed by atoms with Gasteiger partial charge in [-0.05, 0) is 18.1 Å². The number of ether oxygens (including phenoxy) is 1. The maximum atomic E-state index is 11.6. The highest BCUT2D eigenvalue weighted by molar-refractivity contribution is 5.74. The molecule has 0 aromatic heterocycles. The summed E-state index contributed by atoms with van der Waals surface area (Å²) in [5, 5.41) is 3.26. The van der Waals surface area contributed by atoms with Gasteiger partial charge in [0.1, 0.15) is 0 Å². The second kappa shape index (κ2) is 4.66. The molecule has 1 aliphatic rings. The third kappa shape index (κ3) is 1.95. The lowest BCUT2D eigenvalue weighted by Crippen LogP contribution is -2.23. The van der Waals surface area contributed by atoms with Crippen LogP contribution < -0.4 is 5.32 Å². The second-order valence-corrected chi connectivity index (χ2v) is 4.25. The van der Waals surface area contributed by atoms with Crippen LogP contribution >= 0.6 is 0 Å². The van der Waals surface area contributed by atoms with Crippen LogP contribution in [0.25, 0.3) is 0 Å². The molecule has 0 spiro atoms. The molecule has 1 N–H and O–H groups in total. The topological polar surface area (TPSA) is 38.3 Å². The number of carbonyl (C=O) groups is 1. The molecule has 2 atom stereocenters. The first-order valence-electron chi connectivity index (χ1n) is 5.58. The van der Waals surface area contributed by atoms with Crippen LogP contribution in [0.15, 0.2) is 24.3 Å². The molecular formula is C13H17NO2. The fourth-order valence-corrected chi connectivity index (χ4v) is 2.41. The SMILES string of the molecule is COC(=O)[C@@H]1CNC[C@@H]1c1ccccc1C. The highest BCUT2D eigenvalue weighted by Gasteiger charge is 2.35. The molecule has 0 amide bonds. The van der Waals surface area contributed by atoms with Gasteiger partial charge in [-0.1, -0.05) is 24.3 Å². The number of esters is 1. The van der Waals surface area contributed by atoms with E-state index < -0.39 is 0 Å². The zero-order valence-electron chi connectivity index (χ0n) is 9.69. The lowest BCUT2D eigenvalue weighted by molar-refractivity contribution is -0.145. The number of rotatable bonds is 2. The van der Waals surface area contributed by atoms with Gasteiger partial charge < -0.3 is 10.1 Å². The zero-order chi connectivity index (χ0) is 11.5. The van der Waals surface area contributed by atoms with E-state index in [0.717, 1.165) is 6.54 Å². The summed E-state index contributed by atoms with van der Waals surface area (Å²) in [6.07, 6.45) is 0. The van der Waals surface area contributed by atoms with Crippen LogP contribution in [0.1, 0.15) is 17.0 Å². The fraction of sp³-hybridized carbons (Fsp3) is 0.462. The summed E-state index contributed by atoms with van der Waals surface area (Å²) >= 11 is 0. The number of hydrogen-bond acceptors (Lipinski definition) is 3. The van der Waals surface area contributed by atoms with Crippen LogP contribution in [0.5, 0.6) is 0 Å². The van der Waals surface area contributed by atoms with Gasteiger partial charge in [0, 0.05) is 19.0 Å². The van der Waals surface area contributed by atoms with Crippen molar-refractivity contribution in [1.82, 2.24) is 5.32 Å². The summed E-state index contributed by atoms with van der Waals surface area (Å²) in [5.74, 6) is 0.0815. The Morgan fingerprint density at radius 2 is 2.12 bits per heavy atom. The second-order valence-electron chi connectivity index (χ2n) is 4.25. The van der Waals surface area contributed by atoms with E-state index in [1.54, 1.807) is 0 Å². The molecule has 86 valence electrons. The maximum absolute atomic E-state index is 11.6. The van der Waals surface area contributed by atoms with Crippen molar-refractivity contribution in [2.24, 2.45) is 5.92 Å². The van der Waals surface area contributed by atoms with Gasteiger partial charge in [0.25, 0.3) is 0 Å². The molecule has 0 aliphatic carbocycles. The van der Waals surface area contributed by atoms with Crippen molar-refractivity contribution in [2.75, 3.05) is 20.2 Å². The van der Waals surface area contributed by atoms with Crippen LogP contribution in [-0.4, -0.2) is 26.2 Å².